The van der Waals surface area contributed by atoms with Crippen molar-refractivity contribution < 1.29 is 9.59 Å². The van der Waals surface area contributed by atoms with Crippen LogP contribution < -0.4 is 10.6 Å². The lowest BCUT2D eigenvalue weighted by atomic mass is 10.0. The van der Waals surface area contributed by atoms with Crippen LogP contribution in [0.15, 0.2) is 72.6 Å². The Morgan fingerprint density at radius 2 is 1.77 bits per heavy atom. The number of nitrogens with zero attached hydrogens (tertiary/aromatic N) is 6. The van der Waals surface area contributed by atoms with Crippen molar-refractivity contribution in [2.75, 3.05) is 36.8 Å². The molecule has 2 aromatic carbocycles. The zero-order chi connectivity index (χ0) is 27.9. The number of para-hydroxylation sites is 1. The van der Waals surface area contributed by atoms with Crippen molar-refractivity contribution in [3.05, 3.63) is 72.6 Å². The van der Waals surface area contributed by atoms with Gasteiger partial charge in [0.15, 0.2) is 0 Å². The molecule has 40 heavy (non-hydrogen) atoms. The van der Waals surface area contributed by atoms with E-state index < -0.39 is 0 Å². The minimum absolute atomic E-state index is 0.0599. The van der Waals surface area contributed by atoms with Gasteiger partial charge in [-0.05, 0) is 30.2 Å². The summed E-state index contributed by atoms with van der Waals surface area (Å²) >= 11 is 0. The Morgan fingerprint density at radius 1 is 1.00 bits per heavy atom. The first-order chi connectivity index (χ1) is 19.5. The Labute approximate surface area is 232 Å². The molecular weight excluding hydrogens is 504 g/mol. The van der Waals surface area contributed by atoms with Gasteiger partial charge in [-0.3, -0.25) is 14.5 Å². The molecule has 2 N–H and O–H groups in total. The van der Waals surface area contributed by atoms with Crippen LogP contribution in [0.4, 0.5) is 11.6 Å². The van der Waals surface area contributed by atoms with E-state index in [0.717, 1.165) is 47.2 Å². The molecule has 0 radical (unpaired) electrons. The van der Waals surface area contributed by atoms with Gasteiger partial charge in [0.25, 0.3) is 0 Å². The van der Waals surface area contributed by atoms with Crippen LogP contribution in [0.5, 0.6) is 0 Å². The Morgan fingerprint density at radius 3 is 2.48 bits per heavy atom. The number of amides is 2. The maximum atomic E-state index is 12.0. The molecule has 0 spiro atoms. The van der Waals surface area contributed by atoms with Crippen LogP contribution in [0.25, 0.3) is 22.0 Å². The van der Waals surface area contributed by atoms with E-state index >= 15 is 0 Å². The fourth-order valence-electron chi connectivity index (χ4n) is 4.94. The summed E-state index contributed by atoms with van der Waals surface area (Å²) in [5.41, 5.74) is 4.25. The topological polar surface area (TPSA) is 138 Å². The van der Waals surface area contributed by atoms with Crippen LogP contribution in [0.1, 0.15) is 19.3 Å². The molecule has 200 valence electrons. The zero-order valence-electron chi connectivity index (χ0n) is 21.9. The molecule has 10 nitrogen and oxygen atoms in total. The first-order valence-electron chi connectivity index (χ1n) is 13.1. The summed E-state index contributed by atoms with van der Waals surface area (Å²) in [5, 5.41) is 24.4. The quantitative estimate of drug-likeness (QED) is 0.468. The van der Waals surface area contributed by atoms with Crippen molar-refractivity contribution in [1.82, 2.24) is 19.8 Å². The van der Waals surface area contributed by atoms with E-state index in [1.807, 2.05) is 60.7 Å². The summed E-state index contributed by atoms with van der Waals surface area (Å²) in [6.45, 7) is 2.86. The van der Waals surface area contributed by atoms with Crippen LogP contribution in [0.3, 0.4) is 0 Å². The van der Waals surface area contributed by atoms with E-state index in [0.29, 0.717) is 24.7 Å². The number of piperazine rings is 1. The summed E-state index contributed by atoms with van der Waals surface area (Å²) in [5.74, 6) is 0.0652. The minimum Gasteiger partial charge on any atom is -0.339 e. The second kappa shape index (κ2) is 12.2. The summed E-state index contributed by atoms with van der Waals surface area (Å²) in [4.78, 5) is 37.1. The normalized spacial score (nSPS) is 17.0. The van der Waals surface area contributed by atoms with E-state index in [2.05, 4.69) is 32.7 Å². The summed E-state index contributed by atoms with van der Waals surface area (Å²) < 4.78 is 0. The Bertz CT molecular complexity index is 1560. The first kappa shape index (κ1) is 26.5. The second-order valence-corrected chi connectivity index (χ2v) is 9.60. The van der Waals surface area contributed by atoms with Gasteiger partial charge in [0.05, 0.1) is 17.7 Å². The number of rotatable bonds is 7. The second-order valence-electron chi connectivity index (χ2n) is 9.60. The number of anilines is 2. The van der Waals surface area contributed by atoms with Crippen LogP contribution in [-0.4, -0.2) is 63.8 Å². The highest BCUT2D eigenvalue weighted by Gasteiger charge is 2.25. The highest BCUT2D eigenvalue weighted by Crippen LogP contribution is 2.29. The molecule has 1 aromatic heterocycles. The van der Waals surface area contributed by atoms with Gasteiger partial charge >= 0.3 is 0 Å². The Balaban J connectivity index is 1.24. The fourth-order valence-corrected chi connectivity index (χ4v) is 4.94. The molecule has 0 bridgehead atoms. The van der Waals surface area contributed by atoms with E-state index in [-0.39, 0.29) is 30.7 Å². The Kier molecular flexibility index (Phi) is 8.10. The molecule has 3 aromatic rings. The SMILES string of the molecule is N#CCC(=O)Nc1ccc(-c2cccc3cnc(NC4=CCC(N5CCN(C(=O)CC#N)CC5)C=C4)nc23)cc1. The monoisotopic (exact) mass is 532 g/mol. The van der Waals surface area contributed by atoms with Gasteiger partial charge in [-0.2, -0.15) is 10.5 Å². The van der Waals surface area contributed by atoms with Gasteiger partial charge in [0.1, 0.15) is 12.8 Å². The van der Waals surface area contributed by atoms with Crippen LogP contribution in [0.2, 0.25) is 0 Å². The third kappa shape index (κ3) is 6.15. The molecular formula is C30H28N8O2. The first-order valence-corrected chi connectivity index (χ1v) is 13.1. The van der Waals surface area contributed by atoms with Crippen LogP contribution >= 0.6 is 0 Å². The molecule has 1 atom stereocenters. The van der Waals surface area contributed by atoms with Gasteiger partial charge in [-0.15, -0.1) is 0 Å². The van der Waals surface area contributed by atoms with Crippen molar-refractivity contribution in [2.45, 2.75) is 25.3 Å². The lowest BCUT2D eigenvalue weighted by molar-refractivity contribution is -0.132. The maximum absolute atomic E-state index is 12.0. The van der Waals surface area contributed by atoms with Crippen molar-refractivity contribution in [1.29, 1.82) is 10.5 Å². The molecule has 2 heterocycles. The van der Waals surface area contributed by atoms with Crippen molar-refractivity contribution >= 4 is 34.4 Å². The Hall–Kier alpha value is -5.06. The van der Waals surface area contributed by atoms with Crippen molar-refractivity contribution in [2.24, 2.45) is 0 Å². The molecule has 10 heteroatoms. The molecule has 1 saturated heterocycles. The zero-order valence-corrected chi connectivity index (χ0v) is 21.9. The molecule has 1 aliphatic heterocycles. The molecule has 2 aliphatic rings. The average molecular weight is 533 g/mol. The third-order valence-corrected chi connectivity index (χ3v) is 7.03. The molecule has 1 unspecified atom stereocenters. The number of aromatic nitrogens is 2. The van der Waals surface area contributed by atoms with E-state index in [4.69, 9.17) is 15.5 Å². The number of nitrogens with one attached hydrogen (secondary N) is 2. The number of hydrogen-bond donors (Lipinski definition) is 2. The van der Waals surface area contributed by atoms with Crippen molar-refractivity contribution in [3.63, 3.8) is 0 Å². The maximum Gasteiger partial charge on any atom is 0.238 e. The van der Waals surface area contributed by atoms with Gasteiger partial charge in [-0.1, -0.05) is 42.5 Å². The fraction of sp³-hybridized carbons (Fsp3) is 0.267. The van der Waals surface area contributed by atoms with Gasteiger partial charge in [0.2, 0.25) is 17.8 Å². The average Bonchev–Trinajstić information content (AvgIpc) is 2.98. The van der Waals surface area contributed by atoms with E-state index in [1.54, 1.807) is 11.1 Å². The number of carbonyl (C=O) groups excluding carboxylic acids is 2. The van der Waals surface area contributed by atoms with Crippen molar-refractivity contribution in [3.8, 4) is 23.3 Å². The van der Waals surface area contributed by atoms with Crippen LogP contribution in [-0.2, 0) is 9.59 Å². The molecule has 1 aliphatic carbocycles. The van der Waals surface area contributed by atoms with E-state index in [1.165, 1.54) is 0 Å². The number of benzene rings is 2. The largest absolute Gasteiger partial charge is 0.339 e. The van der Waals surface area contributed by atoms with Gasteiger partial charge in [0, 0.05) is 60.8 Å². The summed E-state index contributed by atoms with van der Waals surface area (Å²) in [6, 6.07) is 17.4. The van der Waals surface area contributed by atoms with Gasteiger partial charge in [-0.25, -0.2) is 9.97 Å². The number of carbonyl (C=O) groups is 2. The molecule has 1 fully saturated rings. The minimum atomic E-state index is -0.340. The smallest absolute Gasteiger partial charge is 0.238 e. The summed E-state index contributed by atoms with van der Waals surface area (Å²) in [6.07, 6.45) is 8.73. The van der Waals surface area contributed by atoms with Gasteiger partial charge < -0.3 is 15.5 Å². The summed E-state index contributed by atoms with van der Waals surface area (Å²) in [7, 11) is 0. The standard InChI is InChI=1S/C30H28N8O2/c31-14-12-27(39)34-23-6-4-21(5-7-23)26-3-1-2-22-20-33-30(36-29(22)26)35-24-8-10-25(11-9-24)37-16-18-38(19-17-37)28(40)13-15-32/h1-10,20,25H,11-13,16-19H2,(H,34,39)(H,33,35,36). The highest BCUT2D eigenvalue weighted by molar-refractivity contribution is 5.95. The number of fused-ring (bicyclic) bond motifs is 1. The molecule has 0 saturated carbocycles. The number of allylic oxidation sites excluding steroid dienone is 1. The lowest BCUT2D eigenvalue weighted by Gasteiger charge is -2.38. The molecule has 5 rings (SSSR count). The molecule has 2 amide bonds. The third-order valence-electron chi connectivity index (χ3n) is 7.03. The van der Waals surface area contributed by atoms with Crippen LogP contribution in [0, 0.1) is 22.7 Å². The number of hydrogen-bond acceptors (Lipinski definition) is 8. The van der Waals surface area contributed by atoms with E-state index in [9.17, 15) is 9.59 Å². The number of nitriles is 2. The highest BCUT2D eigenvalue weighted by atomic mass is 16.2. The predicted octanol–water partition coefficient (Wildman–Crippen LogP) is 3.83. The predicted molar refractivity (Wildman–Crippen MR) is 151 cm³/mol. The lowest BCUT2D eigenvalue weighted by Crippen LogP contribution is -2.51.